The molecule has 2 aromatic heterocycles. The maximum atomic E-state index is 9.56. The summed E-state index contributed by atoms with van der Waals surface area (Å²) in [4.78, 5) is 13.1. The third kappa shape index (κ3) is 2.54. The summed E-state index contributed by atoms with van der Waals surface area (Å²) in [5.74, 6) is 0.672. The summed E-state index contributed by atoms with van der Waals surface area (Å²) in [5, 5.41) is 9.56. The average molecular weight is 243 g/mol. The molecule has 4 nitrogen and oxygen atoms in total. The molecule has 0 spiro atoms. The van der Waals surface area contributed by atoms with Gasteiger partial charge in [0.2, 0.25) is 0 Å². The highest BCUT2D eigenvalue weighted by molar-refractivity contribution is 5.56. The zero-order chi connectivity index (χ0) is 13.3. The number of aryl methyl sites for hydroxylation is 3. The van der Waals surface area contributed by atoms with Crippen LogP contribution in [0.4, 0.5) is 0 Å². The Kier molecular flexibility index (Phi) is 3.39. The van der Waals surface area contributed by atoms with E-state index in [0.717, 1.165) is 28.2 Å². The van der Waals surface area contributed by atoms with Crippen molar-refractivity contribution < 1.29 is 5.11 Å². The van der Waals surface area contributed by atoms with Crippen LogP contribution >= 0.6 is 0 Å². The Labute approximate surface area is 107 Å². The predicted molar refractivity (Wildman–Crippen MR) is 70.1 cm³/mol. The van der Waals surface area contributed by atoms with Crippen LogP contribution in [0.15, 0.2) is 18.3 Å². The molecule has 2 rings (SSSR count). The number of aliphatic hydroxyl groups is 1. The Morgan fingerprint density at radius 2 is 1.67 bits per heavy atom. The van der Waals surface area contributed by atoms with Crippen molar-refractivity contribution in [3.05, 3.63) is 41.0 Å². The van der Waals surface area contributed by atoms with Crippen LogP contribution < -0.4 is 0 Å². The second kappa shape index (κ2) is 4.82. The molecule has 18 heavy (non-hydrogen) atoms. The summed E-state index contributed by atoms with van der Waals surface area (Å²) in [6.07, 6.45) is 1.15. The van der Waals surface area contributed by atoms with Crippen LogP contribution in [-0.2, 0) is 0 Å². The van der Waals surface area contributed by atoms with E-state index in [2.05, 4.69) is 15.0 Å². The minimum Gasteiger partial charge on any atom is -0.389 e. The molecule has 0 aliphatic rings. The van der Waals surface area contributed by atoms with Gasteiger partial charge in [-0.3, -0.25) is 4.98 Å². The fraction of sp³-hybridized carbons (Fsp3) is 0.357. The van der Waals surface area contributed by atoms with E-state index in [-0.39, 0.29) is 0 Å². The lowest BCUT2D eigenvalue weighted by Crippen LogP contribution is -2.01. The number of pyridine rings is 1. The minimum absolute atomic E-state index is 0.542. The Morgan fingerprint density at radius 1 is 1.06 bits per heavy atom. The third-order valence-corrected chi connectivity index (χ3v) is 2.81. The zero-order valence-corrected chi connectivity index (χ0v) is 11.1. The molecule has 1 atom stereocenters. The molecular formula is C14H17N3O. The predicted octanol–water partition coefficient (Wildman–Crippen LogP) is 2.52. The Balaban J connectivity index is 2.48. The van der Waals surface area contributed by atoms with E-state index in [0.29, 0.717) is 5.82 Å². The zero-order valence-electron chi connectivity index (χ0n) is 11.1. The van der Waals surface area contributed by atoms with Crippen LogP contribution in [0.5, 0.6) is 0 Å². The van der Waals surface area contributed by atoms with Crippen LogP contribution in [0.25, 0.3) is 11.4 Å². The van der Waals surface area contributed by atoms with E-state index in [1.165, 1.54) is 0 Å². The Bertz CT molecular complexity index is 559. The number of aliphatic hydroxyl groups excluding tert-OH is 1. The maximum Gasteiger partial charge on any atom is 0.159 e. The molecule has 0 aliphatic carbocycles. The topological polar surface area (TPSA) is 58.9 Å². The van der Waals surface area contributed by atoms with Crippen molar-refractivity contribution in [2.45, 2.75) is 33.8 Å². The summed E-state index contributed by atoms with van der Waals surface area (Å²) in [6, 6.07) is 3.92. The van der Waals surface area contributed by atoms with E-state index in [4.69, 9.17) is 0 Å². The normalized spacial score (nSPS) is 12.5. The van der Waals surface area contributed by atoms with Crippen LogP contribution in [-0.4, -0.2) is 20.1 Å². The van der Waals surface area contributed by atoms with Crippen LogP contribution in [0.1, 0.15) is 35.7 Å². The van der Waals surface area contributed by atoms with Crippen molar-refractivity contribution >= 4 is 0 Å². The number of nitrogens with zero attached hydrogens (tertiary/aromatic N) is 3. The van der Waals surface area contributed by atoms with E-state index >= 15 is 0 Å². The van der Waals surface area contributed by atoms with Gasteiger partial charge < -0.3 is 5.11 Å². The molecule has 0 amide bonds. The smallest absolute Gasteiger partial charge is 0.159 e. The van der Waals surface area contributed by atoms with Gasteiger partial charge in [0.1, 0.15) is 0 Å². The summed E-state index contributed by atoms with van der Waals surface area (Å²) in [7, 11) is 0. The second-order valence-corrected chi connectivity index (χ2v) is 4.55. The van der Waals surface area contributed by atoms with Crippen LogP contribution in [0.2, 0.25) is 0 Å². The first-order valence-corrected chi connectivity index (χ1v) is 5.94. The molecular weight excluding hydrogens is 226 g/mol. The quantitative estimate of drug-likeness (QED) is 0.880. The van der Waals surface area contributed by atoms with Crippen LogP contribution in [0.3, 0.4) is 0 Å². The van der Waals surface area contributed by atoms with Crippen molar-refractivity contribution in [3.63, 3.8) is 0 Å². The first kappa shape index (κ1) is 12.6. The van der Waals surface area contributed by atoms with E-state index in [1.807, 2.05) is 32.9 Å². The Morgan fingerprint density at radius 3 is 2.17 bits per heavy atom. The molecule has 0 bridgehead atoms. The van der Waals surface area contributed by atoms with Crippen molar-refractivity contribution in [2.24, 2.45) is 0 Å². The lowest BCUT2D eigenvalue weighted by molar-refractivity contribution is 0.197. The van der Waals surface area contributed by atoms with Gasteiger partial charge in [-0.05, 0) is 39.8 Å². The lowest BCUT2D eigenvalue weighted by Gasteiger charge is -2.09. The van der Waals surface area contributed by atoms with Crippen molar-refractivity contribution in [1.29, 1.82) is 0 Å². The largest absolute Gasteiger partial charge is 0.389 e. The standard InChI is InChI=1S/C14H17N3O/c1-8-5-12(6-9(2)16-8)14-15-7-13(11(4)18)10(3)17-14/h5-7,11,18H,1-4H3/t11-/m1/s1. The summed E-state index contributed by atoms with van der Waals surface area (Å²) >= 11 is 0. The first-order chi connectivity index (χ1) is 8.47. The van der Waals surface area contributed by atoms with E-state index in [9.17, 15) is 5.11 Å². The monoisotopic (exact) mass is 243 g/mol. The van der Waals surface area contributed by atoms with E-state index < -0.39 is 6.10 Å². The molecule has 94 valence electrons. The molecule has 1 N–H and O–H groups in total. The summed E-state index contributed by atoms with van der Waals surface area (Å²) < 4.78 is 0. The Hall–Kier alpha value is -1.81. The highest BCUT2D eigenvalue weighted by Crippen LogP contribution is 2.20. The van der Waals surface area contributed by atoms with Crippen molar-refractivity contribution in [1.82, 2.24) is 15.0 Å². The highest BCUT2D eigenvalue weighted by Gasteiger charge is 2.10. The molecule has 0 radical (unpaired) electrons. The van der Waals surface area contributed by atoms with Crippen LogP contribution in [0, 0.1) is 20.8 Å². The third-order valence-electron chi connectivity index (χ3n) is 2.81. The molecule has 0 aromatic carbocycles. The fourth-order valence-electron chi connectivity index (χ4n) is 1.99. The van der Waals surface area contributed by atoms with Crippen molar-refractivity contribution in [2.75, 3.05) is 0 Å². The molecule has 0 aliphatic heterocycles. The second-order valence-electron chi connectivity index (χ2n) is 4.55. The van der Waals surface area contributed by atoms with Crippen molar-refractivity contribution in [3.8, 4) is 11.4 Å². The molecule has 2 aromatic rings. The number of hydrogen-bond donors (Lipinski definition) is 1. The molecule has 4 heteroatoms. The van der Waals surface area contributed by atoms with Gasteiger partial charge >= 0.3 is 0 Å². The van der Waals surface area contributed by atoms with Gasteiger partial charge in [0.05, 0.1) is 6.10 Å². The van der Waals surface area contributed by atoms with Gasteiger partial charge in [-0.1, -0.05) is 0 Å². The van der Waals surface area contributed by atoms with E-state index in [1.54, 1.807) is 13.1 Å². The minimum atomic E-state index is -0.542. The van der Waals surface area contributed by atoms with Gasteiger partial charge in [-0.15, -0.1) is 0 Å². The maximum absolute atomic E-state index is 9.56. The van der Waals surface area contributed by atoms with Gasteiger partial charge in [0.15, 0.2) is 5.82 Å². The van der Waals surface area contributed by atoms with Gasteiger partial charge in [-0.25, -0.2) is 9.97 Å². The molecule has 2 heterocycles. The SMILES string of the molecule is Cc1cc(-c2ncc([C@@H](C)O)c(C)n2)cc(C)n1. The average Bonchev–Trinajstić information content (AvgIpc) is 2.26. The van der Waals surface area contributed by atoms with Gasteiger partial charge in [0, 0.05) is 34.4 Å². The lowest BCUT2D eigenvalue weighted by atomic mass is 10.1. The molecule has 0 unspecified atom stereocenters. The van der Waals surface area contributed by atoms with Gasteiger partial charge in [-0.2, -0.15) is 0 Å². The molecule has 0 fully saturated rings. The number of aromatic nitrogens is 3. The van der Waals surface area contributed by atoms with Gasteiger partial charge in [0.25, 0.3) is 0 Å². The summed E-state index contributed by atoms with van der Waals surface area (Å²) in [6.45, 7) is 7.50. The molecule has 0 saturated heterocycles. The first-order valence-electron chi connectivity index (χ1n) is 5.94. The number of hydrogen-bond acceptors (Lipinski definition) is 4. The fourth-order valence-corrected chi connectivity index (χ4v) is 1.99. The molecule has 0 saturated carbocycles. The highest BCUT2D eigenvalue weighted by atomic mass is 16.3. The number of rotatable bonds is 2. The summed E-state index contributed by atoms with van der Waals surface area (Å²) in [5.41, 5.74) is 4.43.